The molecule has 0 bridgehead atoms. The van der Waals surface area contributed by atoms with E-state index in [2.05, 4.69) is 34.2 Å². The van der Waals surface area contributed by atoms with E-state index in [1.54, 1.807) is 12.4 Å². The second-order valence-electron chi connectivity index (χ2n) is 5.69. The molecule has 1 aliphatic heterocycles. The Morgan fingerprint density at radius 2 is 2.33 bits per heavy atom. The molecule has 1 atom stereocenters. The average Bonchev–Trinajstić information content (AvgIpc) is 2.51. The van der Waals surface area contributed by atoms with Gasteiger partial charge in [0.15, 0.2) is 0 Å². The molecule has 1 fully saturated rings. The van der Waals surface area contributed by atoms with Crippen LogP contribution in [0.2, 0.25) is 0 Å². The van der Waals surface area contributed by atoms with Gasteiger partial charge in [-0.15, -0.1) is 0 Å². The highest BCUT2D eigenvalue weighted by Crippen LogP contribution is 2.15. The highest BCUT2D eigenvalue weighted by molar-refractivity contribution is 5.92. The normalized spacial score (nSPS) is 19.3. The lowest BCUT2D eigenvalue weighted by Crippen LogP contribution is -2.47. The van der Waals surface area contributed by atoms with Crippen LogP contribution in [0.5, 0.6) is 0 Å². The van der Waals surface area contributed by atoms with Crippen LogP contribution >= 0.6 is 0 Å². The average molecular weight is 291 g/mol. The summed E-state index contributed by atoms with van der Waals surface area (Å²) in [6.07, 6.45) is 6.38. The minimum Gasteiger partial charge on any atom is -0.369 e. The minimum atomic E-state index is -0.0528. The number of anilines is 1. The zero-order valence-electron chi connectivity index (χ0n) is 13.2. The van der Waals surface area contributed by atoms with Crippen molar-refractivity contribution < 1.29 is 4.79 Å². The van der Waals surface area contributed by atoms with Crippen molar-refractivity contribution in [1.82, 2.24) is 19.8 Å². The Hall–Kier alpha value is -1.69. The maximum Gasteiger partial charge on any atom is 0.274 e. The molecule has 0 spiro atoms. The van der Waals surface area contributed by atoms with Gasteiger partial charge in [0.05, 0.1) is 12.4 Å². The van der Waals surface area contributed by atoms with E-state index in [1.807, 2.05) is 11.9 Å². The molecule has 2 heterocycles. The summed E-state index contributed by atoms with van der Waals surface area (Å²) in [5.41, 5.74) is 0.409. The summed E-state index contributed by atoms with van der Waals surface area (Å²) in [5.74, 6) is 0.611. The summed E-state index contributed by atoms with van der Waals surface area (Å²) >= 11 is 0. The van der Waals surface area contributed by atoms with Crippen LogP contribution in [0.25, 0.3) is 0 Å². The lowest BCUT2D eigenvalue weighted by Gasteiger charge is -2.35. The number of nitrogens with zero attached hydrogens (tertiary/aromatic N) is 4. The second kappa shape index (κ2) is 7.36. The third-order valence-corrected chi connectivity index (χ3v) is 3.88. The SMILES string of the molecule is CCCNc1cncc(C(=O)N(C)C2CCCN(C)C2)n1. The fourth-order valence-electron chi connectivity index (χ4n) is 2.61. The van der Waals surface area contributed by atoms with E-state index in [-0.39, 0.29) is 11.9 Å². The number of carbonyl (C=O) groups excluding carboxylic acids is 1. The van der Waals surface area contributed by atoms with Crippen molar-refractivity contribution in [1.29, 1.82) is 0 Å². The molecule has 1 amide bonds. The first-order valence-electron chi connectivity index (χ1n) is 7.63. The van der Waals surface area contributed by atoms with Gasteiger partial charge >= 0.3 is 0 Å². The molecule has 1 unspecified atom stereocenters. The molecule has 1 saturated heterocycles. The zero-order valence-corrected chi connectivity index (χ0v) is 13.2. The van der Waals surface area contributed by atoms with Gasteiger partial charge in [0.1, 0.15) is 11.5 Å². The maximum absolute atomic E-state index is 12.6. The topological polar surface area (TPSA) is 61.4 Å². The van der Waals surface area contributed by atoms with Gasteiger partial charge in [-0.25, -0.2) is 4.98 Å². The molecule has 0 saturated carbocycles. The number of amides is 1. The quantitative estimate of drug-likeness (QED) is 0.890. The van der Waals surface area contributed by atoms with E-state index < -0.39 is 0 Å². The first-order chi connectivity index (χ1) is 10.1. The van der Waals surface area contributed by atoms with Crippen LogP contribution in [0.3, 0.4) is 0 Å². The van der Waals surface area contributed by atoms with E-state index in [0.29, 0.717) is 11.5 Å². The van der Waals surface area contributed by atoms with Crippen molar-refractivity contribution in [2.45, 2.75) is 32.2 Å². The first-order valence-corrected chi connectivity index (χ1v) is 7.63. The Labute approximate surface area is 126 Å². The predicted molar refractivity (Wildman–Crippen MR) is 83.4 cm³/mol. The number of hydrogen-bond donors (Lipinski definition) is 1. The number of likely N-dealkylation sites (N-methyl/N-ethyl adjacent to an activating group) is 2. The number of carbonyl (C=O) groups is 1. The number of rotatable bonds is 5. The lowest BCUT2D eigenvalue weighted by atomic mass is 10.0. The monoisotopic (exact) mass is 291 g/mol. The molecule has 1 N–H and O–H groups in total. The first kappa shape index (κ1) is 15.7. The number of hydrogen-bond acceptors (Lipinski definition) is 5. The zero-order chi connectivity index (χ0) is 15.2. The van der Waals surface area contributed by atoms with Crippen LogP contribution < -0.4 is 5.32 Å². The Morgan fingerprint density at radius 1 is 1.52 bits per heavy atom. The number of aromatic nitrogens is 2. The Bertz CT molecular complexity index is 479. The molecule has 2 rings (SSSR count). The molecule has 1 aromatic rings. The van der Waals surface area contributed by atoms with Crippen LogP contribution in [0.1, 0.15) is 36.7 Å². The largest absolute Gasteiger partial charge is 0.369 e. The Kier molecular flexibility index (Phi) is 5.50. The smallest absolute Gasteiger partial charge is 0.274 e. The van der Waals surface area contributed by atoms with Crippen LogP contribution in [-0.2, 0) is 0 Å². The molecule has 0 aromatic carbocycles. The highest BCUT2D eigenvalue weighted by atomic mass is 16.2. The number of nitrogens with one attached hydrogen (secondary N) is 1. The summed E-state index contributed by atoms with van der Waals surface area (Å²) in [7, 11) is 3.96. The second-order valence-corrected chi connectivity index (χ2v) is 5.69. The molecule has 0 aliphatic carbocycles. The Morgan fingerprint density at radius 3 is 3.05 bits per heavy atom. The summed E-state index contributed by atoms with van der Waals surface area (Å²) in [6, 6.07) is 0.255. The van der Waals surface area contributed by atoms with Crippen molar-refractivity contribution in [3.05, 3.63) is 18.1 Å². The van der Waals surface area contributed by atoms with Gasteiger partial charge in [0, 0.05) is 26.2 Å². The molecule has 1 aliphatic rings. The van der Waals surface area contributed by atoms with E-state index in [1.165, 1.54) is 0 Å². The van der Waals surface area contributed by atoms with Crippen molar-refractivity contribution in [3.63, 3.8) is 0 Å². The molecule has 6 nitrogen and oxygen atoms in total. The van der Waals surface area contributed by atoms with Crippen molar-refractivity contribution in [2.24, 2.45) is 0 Å². The van der Waals surface area contributed by atoms with Gasteiger partial charge < -0.3 is 15.1 Å². The van der Waals surface area contributed by atoms with Gasteiger partial charge in [-0.2, -0.15) is 0 Å². The summed E-state index contributed by atoms with van der Waals surface area (Å²) in [4.78, 5) is 25.1. The van der Waals surface area contributed by atoms with E-state index in [9.17, 15) is 4.79 Å². The highest BCUT2D eigenvalue weighted by Gasteiger charge is 2.26. The van der Waals surface area contributed by atoms with Crippen LogP contribution in [0, 0.1) is 0 Å². The third kappa shape index (κ3) is 4.14. The molecule has 21 heavy (non-hydrogen) atoms. The van der Waals surface area contributed by atoms with Crippen molar-refractivity contribution in [3.8, 4) is 0 Å². The van der Waals surface area contributed by atoms with Crippen LogP contribution in [0.15, 0.2) is 12.4 Å². The van der Waals surface area contributed by atoms with Gasteiger partial charge in [-0.1, -0.05) is 6.92 Å². The van der Waals surface area contributed by atoms with E-state index in [4.69, 9.17) is 0 Å². The van der Waals surface area contributed by atoms with E-state index in [0.717, 1.165) is 38.9 Å². The van der Waals surface area contributed by atoms with Crippen molar-refractivity contribution in [2.75, 3.05) is 39.0 Å². The summed E-state index contributed by atoms with van der Waals surface area (Å²) < 4.78 is 0. The van der Waals surface area contributed by atoms with Crippen LogP contribution in [-0.4, -0.2) is 65.4 Å². The number of likely N-dealkylation sites (tertiary alicyclic amines) is 1. The molecule has 1 aromatic heterocycles. The fourth-order valence-corrected chi connectivity index (χ4v) is 2.61. The predicted octanol–water partition coefficient (Wildman–Crippen LogP) is 1.46. The van der Waals surface area contributed by atoms with Gasteiger partial charge in [-0.05, 0) is 32.9 Å². The van der Waals surface area contributed by atoms with Gasteiger partial charge in [0.25, 0.3) is 5.91 Å². The Balaban J connectivity index is 2.04. The third-order valence-electron chi connectivity index (χ3n) is 3.88. The van der Waals surface area contributed by atoms with Gasteiger partial charge in [0.2, 0.25) is 0 Å². The summed E-state index contributed by atoms with van der Waals surface area (Å²) in [6.45, 7) is 4.94. The lowest BCUT2D eigenvalue weighted by molar-refractivity contribution is 0.0638. The molecule has 0 radical (unpaired) electrons. The fraction of sp³-hybridized carbons (Fsp3) is 0.667. The molecule has 6 heteroatoms. The van der Waals surface area contributed by atoms with E-state index >= 15 is 0 Å². The summed E-state index contributed by atoms with van der Waals surface area (Å²) in [5, 5.41) is 3.16. The molecular formula is C15H25N5O. The number of piperidine rings is 1. The van der Waals surface area contributed by atoms with Gasteiger partial charge in [-0.3, -0.25) is 9.78 Å². The molecular weight excluding hydrogens is 266 g/mol. The maximum atomic E-state index is 12.6. The standard InChI is InChI=1S/C15H25N5O/c1-4-7-17-14-10-16-9-13(18-14)15(21)20(3)12-6-5-8-19(2)11-12/h9-10,12H,4-8,11H2,1-3H3,(H,17,18). The van der Waals surface area contributed by atoms with Crippen LogP contribution in [0.4, 0.5) is 5.82 Å². The van der Waals surface area contributed by atoms with Crippen molar-refractivity contribution >= 4 is 11.7 Å². The molecule has 116 valence electrons. The minimum absolute atomic E-state index is 0.0528.